The van der Waals surface area contributed by atoms with Crippen LogP contribution in [0.15, 0.2) is 0 Å². The summed E-state index contributed by atoms with van der Waals surface area (Å²) in [7, 11) is 0. The van der Waals surface area contributed by atoms with Gasteiger partial charge in [-0.2, -0.15) is 0 Å². The van der Waals surface area contributed by atoms with Crippen molar-refractivity contribution < 1.29 is 19.7 Å². The number of nitrogens with one attached hydrogen (secondary N) is 1. The second-order valence-electron chi connectivity index (χ2n) is 4.60. The SMILES string of the molecule is C[C@H](CO)[C@@H](CO)NC(=O)OC(C)(C)C. The van der Waals surface area contributed by atoms with E-state index >= 15 is 0 Å². The molecular formula is C10H21NO4. The number of aliphatic hydroxyl groups excluding tert-OH is 2. The third-order valence-corrected chi connectivity index (χ3v) is 1.87. The van der Waals surface area contributed by atoms with Gasteiger partial charge in [0.15, 0.2) is 0 Å². The number of ether oxygens (including phenoxy) is 1. The predicted octanol–water partition coefficient (Wildman–Crippen LogP) is 0.500. The molecule has 0 aromatic carbocycles. The Labute approximate surface area is 90.4 Å². The number of carbonyl (C=O) groups excluding carboxylic acids is 1. The number of hydrogen-bond donors (Lipinski definition) is 3. The summed E-state index contributed by atoms with van der Waals surface area (Å²) < 4.78 is 5.02. The van der Waals surface area contributed by atoms with Crippen molar-refractivity contribution in [3.63, 3.8) is 0 Å². The van der Waals surface area contributed by atoms with Gasteiger partial charge in [0.1, 0.15) is 5.60 Å². The molecule has 0 saturated carbocycles. The monoisotopic (exact) mass is 219 g/mol. The topological polar surface area (TPSA) is 78.8 Å². The van der Waals surface area contributed by atoms with Crippen LogP contribution in [0.25, 0.3) is 0 Å². The first-order valence-electron chi connectivity index (χ1n) is 5.01. The van der Waals surface area contributed by atoms with Crippen LogP contribution in [-0.2, 0) is 4.74 Å². The Bertz CT molecular complexity index is 200. The molecule has 0 rings (SSSR count). The van der Waals surface area contributed by atoms with Crippen LogP contribution >= 0.6 is 0 Å². The molecule has 0 heterocycles. The molecular weight excluding hydrogens is 198 g/mol. The number of hydrogen-bond acceptors (Lipinski definition) is 4. The molecule has 5 nitrogen and oxygen atoms in total. The summed E-state index contributed by atoms with van der Waals surface area (Å²) >= 11 is 0. The minimum absolute atomic E-state index is 0.0962. The highest BCUT2D eigenvalue weighted by molar-refractivity contribution is 5.68. The third kappa shape index (κ3) is 6.30. The van der Waals surface area contributed by atoms with E-state index in [0.717, 1.165) is 0 Å². The van der Waals surface area contributed by atoms with E-state index in [9.17, 15) is 4.79 Å². The van der Waals surface area contributed by atoms with Crippen LogP contribution in [0, 0.1) is 5.92 Å². The number of carbonyl (C=O) groups is 1. The second-order valence-corrected chi connectivity index (χ2v) is 4.60. The van der Waals surface area contributed by atoms with Crippen molar-refractivity contribution in [3.8, 4) is 0 Å². The molecule has 3 N–H and O–H groups in total. The van der Waals surface area contributed by atoms with E-state index in [-0.39, 0.29) is 19.1 Å². The maximum absolute atomic E-state index is 11.3. The number of alkyl carbamates (subject to hydrolysis) is 1. The maximum Gasteiger partial charge on any atom is 0.407 e. The molecule has 0 unspecified atom stereocenters. The first-order valence-corrected chi connectivity index (χ1v) is 5.01. The highest BCUT2D eigenvalue weighted by atomic mass is 16.6. The van der Waals surface area contributed by atoms with E-state index in [0.29, 0.717) is 0 Å². The lowest BCUT2D eigenvalue weighted by Crippen LogP contribution is -2.45. The Hall–Kier alpha value is -0.810. The van der Waals surface area contributed by atoms with E-state index in [1.165, 1.54) is 0 Å². The van der Waals surface area contributed by atoms with Crippen molar-refractivity contribution in [1.29, 1.82) is 0 Å². The van der Waals surface area contributed by atoms with Gasteiger partial charge in [-0.3, -0.25) is 0 Å². The zero-order chi connectivity index (χ0) is 12.1. The van der Waals surface area contributed by atoms with Gasteiger partial charge in [0.05, 0.1) is 12.6 Å². The van der Waals surface area contributed by atoms with Gasteiger partial charge < -0.3 is 20.3 Å². The summed E-state index contributed by atoms with van der Waals surface area (Å²) in [6.07, 6.45) is -0.582. The van der Waals surface area contributed by atoms with Crippen LogP contribution in [0.4, 0.5) is 4.79 Å². The molecule has 0 saturated heterocycles. The lowest BCUT2D eigenvalue weighted by Gasteiger charge is -2.25. The smallest absolute Gasteiger partial charge is 0.407 e. The average molecular weight is 219 g/mol. The van der Waals surface area contributed by atoms with Crippen LogP contribution in [0.5, 0.6) is 0 Å². The van der Waals surface area contributed by atoms with E-state index in [4.69, 9.17) is 14.9 Å². The molecule has 1 amide bonds. The van der Waals surface area contributed by atoms with Gasteiger partial charge in [0.25, 0.3) is 0 Å². The summed E-state index contributed by atoms with van der Waals surface area (Å²) in [6, 6.07) is -0.482. The fourth-order valence-corrected chi connectivity index (χ4v) is 0.954. The quantitative estimate of drug-likeness (QED) is 0.643. The van der Waals surface area contributed by atoms with Crippen molar-refractivity contribution in [1.82, 2.24) is 5.32 Å². The van der Waals surface area contributed by atoms with E-state index in [1.54, 1.807) is 27.7 Å². The van der Waals surface area contributed by atoms with Gasteiger partial charge in [0.2, 0.25) is 0 Å². The number of aliphatic hydroxyl groups is 2. The fraction of sp³-hybridized carbons (Fsp3) is 0.900. The predicted molar refractivity (Wildman–Crippen MR) is 56.5 cm³/mol. The molecule has 0 aliphatic heterocycles. The Balaban J connectivity index is 4.13. The van der Waals surface area contributed by atoms with Gasteiger partial charge >= 0.3 is 6.09 Å². The highest BCUT2D eigenvalue weighted by Gasteiger charge is 2.22. The largest absolute Gasteiger partial charge is 0.444 e. The molecule has 0 fully saturated rings. The summed E-state index contributed by atoms with van der Waals surface area (Å²) in [4.78, 5) is 11.3. The van der Waals surface area contributed by atoms with E-state index in [2.05, 4.69) is 5.32 Å². The summed E-state index contributed by atoms with van der Waals surface area (Å²) in [5.74, 6) is -0.206. The minimum Gasteiger partial charge on any atom is -0.444 e. The number of rotatable bonds is 4. The molecule has 0 radical (unpaired) electrons. The van der Waals surface area contributed by atoms with Gasteiger partial charge in [-0.25, -0.2) is 4.79 Å². The Kier molecular flexibility index (Phi) is 5.60. The molecule has 0 aliphatic rings. The zero-order valence-electron chi connectivity index (χ0n) is 9.78. The van der Waals surface area contributed by atoms with Crippen LogP contribution in [0.3, 0.4) is 0 Å². The van der Waals surface area contributed by atoms with Crippen molar-refractivity contribution in [2.24, 2.45) is 5.92 Å². The summed E-state index contributed by atoms with van der Waals surface area (Å²) in [5.41, 5.74) is -0.563. The van der Waals surface area contributed by atoms with E-state index < -0.39 is 17.7 Å². The van der Waals surface area contributed by atoms with Crippen molar-refractivity contribution >= 4 is 6.09 Å². The average Bonchev–Trinajstić information content (AvgIpc) is 2.10. The lowest BCUT2D eigenvalue weighted by atomic mass is 10.0. The molecule has 0 aromatic rings. The second kappa shape index (κ2) is 5.92. The number of amides is 1. The van der Waals surface area contributed by atoms with Crippen molar-refractivity contribution in [3.05, 3.63) is 0 Å². The van der Waals surface area contributed by atoms with Crippen LogP contribution in [0.1, 0.15) is 27.7 Å². The first kappa shape index (κ1) is 14.2. The van der Waals surface area contributed by atoms with Gasteiger partial charge in [-0.1, -0.05) is 6.92 Å². The highest BCUT2D eigenvalue weighted by Crippen LogP contribution is 2.08. The van der Waals surface area contributed by atoms with Gasteiger partial charge in [-0.05, 0) is 20.8 Å². The Morgan fingerprint density at radius 2 is 1.87 bits per heavy atom. The molecule has 0 aromatic heterocycles. The van der Waals surface area contributed by atoms with Crippen LogP contribution in [0.2, 0.25) is 0 Å². The molecule has 0 aliphatic carbocycles. The third-order valence-electron chi connectivity index (χ3n) is 1.87. The Morgan fingerprint density at radius 1 is 1.33 bits per heavy atom. The molecule has 90 valence electrons. The lowest BCUT2D eigenvalue weighted by molar-refractivity contribution is 0.0438. The molecule has 15 heavy (non-hydrogen) atoms. The Morgan fingerprint density at radius 3 is 2.20 bits per heavy atom. The molecule has 2 atom stereocenters. The first-order chi connectivity index (χ1) is 6.80. The zero-order valence-corrected chi connectivity index (χ0v) is 9.78. The molecule has 0 spiro atoms. The van der Waals surface area contributed by atoms with Crippen molar-refractivity contribution in [2.45, 2.75) is 39.3 Å². The van der Waals surface area contributed by atoms with Crippen LogP contribution < -0.4 is 5.32 Å². The normalized spacial score (nSPS) is 15.6. The maximum atomic E-state index is 11.3. The minimum atomic E-state index is -0.582. The van der Waals surface area contributed by atoms with Gasteiger partial charge in [-0.15, -0.1) is 0 Å². The van der Waals surface area contributed by atoms with Crippen LogP contribution in [-0.4, -0.2) is 41.2 Å². The summed E-state index contributed by atoms with van der Waals surface area (Å²) in [5, 5.41) is 20.4. The summed E-state index contributed by atoms with van der Waals surface area (Å²) in [6.45, 7) is 6.70. The van der Waals surface area contributed by atoms with Gasteiger partial charge in [0, 0.05) is 12.5 Å². The van der Waals surface area contributed by atoms with Crippen molar-refractivity contribution in [2.75, 3.05) is 13.2 Å². The standard InChI is InChI=1S/C10H21NO4/c1-7(5-12)8(6-13)11-9(14)15-10(2,3)4/h7-8,12-13H,5-6H2,1-4H3,(H,11,14)/t7-,8-/m1/s1. The molecule has 0 bridgehead atoms. The van der Waals surface area contributed by atoms with E-state index in [1.807, 2.05) is 0 Å². The fourth-order valence-electron chi connectivity index (χ4n) is 0.954. The molecule has 5 heteroatoms.